The van der Waals surface area contributed by atoms with Crippen molar-refractivity contribution in [3.63, 3.8) is 0 Å². The summed E-state index contributed by atoms with van der Waals surface area (Å²) >= 11 is 0. The minimum Gasteiger partial charge on any atom is -0.363 e. The highest BCUT2D eigenvalue weighted by Gasteiger charge is 2.11. The van der Waals surface area contributed by atoms with Crippen LogP contribution in [0.2, 0.25) is 0 Å². The molecule has 6 heteroatoms. The number of para-hydroxylation sites is 1. The third-order valence-electron chi connectivity index (χ3n) is 5.80. The Bertz CT molecular complexity index is 1030. The van der Waals surface area contributed by atoms with Crippen LogP contribution in [0.1, 0.15) is 49.8 Å². The zero-order valence-electron chi connectivity index (χ0n) is 19.6. The quantitative estimate of drug-likeness (QED) is 0.144. The molecular weight excluding hydrogens is 414 g/mol. The fourth-order valence-electron chi connectivity index (χ4n) is 3.82. The SMILES string of the molecule is CCCCC(C)OCN(CCc1c[nH]c2ccccc12)Cc1ccc(/C=C/C(=O)NO)cc1. The van der Waals surface area contributed by atoms with Gasteiger partial charge >= 0.3 is 0 Å². The van der Waals surface area contributed by atoms with Crippen LogP contribution in [-0.4, -0.2) is 40.4 Å². The van der Waals surface area contributed by atoms with Crippen molar-refractivity contribution in [2.45, 2.75) is 52.2 Å². The van der Waals surface area contributed by atoms with E-state index in [0.29, 0.717) is 6.73 Å². The molecule has 0 aliphatic heterocycles. The lowest BCUT2D eigenvalue weighted by atomic mass is 10.1. The molecule has 0 bridgehead atoms. The number of aromatic nitrogens is 1. The minimum atomic E-state index is -0.545. The average Bonchev–Trinajstić information content (AvgIpc) is 3.26. The summed E-state index contributed by atoms with van der Waals surface area (Å²) in [6.45, 7) is 6.61. The zero-order valence-corrected chi connectivity index (χ0v) is 19.6. The van der Waals surface area contributed by atoms with E-state index >= 15 is 0 Å². The van der Waals surface area contributed by atoms with E-state index in [9.17, 15) is 4.79 Å². The number of hydrogen-bond acceptors (Lipinski definition) is 4. The molecule has 0 aliphatic carbocycles. The highest BCUT2D eigenvalue weighted by molar-refractivity contribution is 5.90. The maximum Gasteiger partial charge on any atom is 0.267 e. The summed E-state index contributed by atoms with van der Waals surface area (Å²) in [5.74, 6) is -0.545. The Balaban J connectivity index is 1.64. The highest BCUT2D eigenvalue weighted by atomic mass is 16.5. The molecule has 1 heterocycles. The van der Waals surface area contributed by atoms with E-state index in [0.717, 1.165) is 31.5 Å². The average molecular weight is 450 g/mol. The number of fused-ring (bicyclic) bond motifs is 1. The van der Waals surface area contributed by atoms with Crippen LogP contribution in [0.25, 0.3) is 17.0 Å². The number of unbranched alkanes of at least 4 members (excludes halogenated alkanes) is 1. The molecule has 1 atom stereocenters. The number of ether oxygens (including phenoxy) is 1. The second kappa shape index (κ2) is 12.9. The van der Waals surface area contributed by atoms with Crippen LogP contribution in [0.4, 0.5) is 0 Å². The van der Waals surface area contributed by atoms with E-state index in [-0.39, 0.29) is 6.10 Å². The Morgan fingerprint density at radius 2 is 2.00 bits per heavy atom. The molecule has 1 aromatic heterocycles. The molecule has 0 saturated carbocycles. The summed E-state index contributed by atoms with van der Waals surface area (Å²) in [6.07, 6.45) is 9.70. The topological polar surface area (TPSA) is 77.6 Å². The van der Waals surface area contributed by atoms with Crippen molar-refractivity contribution in [3.05, 3.63) is 77.5 Å². The van der Waals surface area contributed by atoms with Gasteiger partial charge in [0, 0.05) is 36.3 Å². The summed E-state index contributed by atoms with van der Waals surface area (Å²) in [5.41, 5.74) is 6.16. The number of nitrogens with zero attached hydrogens (tertiary/aromatic N) is 1. The first-order valence-electron chi connectivity index (χ1n) is 11.7. The van der Waals surface area contributed by atoms with Crippen LogP contribution >= 0.6 is 0 Å². The Labute approximate surface area is 196 Å². The number of hydroxylamine groups is 1. The number of nitrogens with one attached hydrogen (secondary N) is 2. The van der Waals surface area contributed by atoms with Crippen LogP contribution in [0, 0.1) is 0 Å². The summed E-state index contributed by atoms with van der Waals surface area (Å²) in [7, 11) is 0. The van der Waals surface area contributed by atoms with Crippen LogP contribution in [0.5, 0.6) is 0 Å². The van der Waals surface area contributed by atoms with Gasteiger partial charge in [0.25, 0.3) is 5.91 Å². The van der Waals surface area contributed by atoms with Gasteiger partial charge in [-0.25, -0.2) is 5.48 Å². The number of benzene rings is 2. The van der Waals surface area contributed by atoms with Crippen molar-refractivity contribution in [1.82, 2.24) is 15.4 Å². The van der Waals surface area contributed by atoms with Crippen molar-refractivity contribution in [2.24, 2.45) is 0 Å². The fourth-order valence-corrected chi connectivity index (χ4v) is 3.82. The number of carbonyl (C=O) groups is 1. The molecule has 0 fully saturated rings. The molecule has 2 aromatic carbocycles. The van der Waals surface area contributed by atoms with Gasteiger partial charge in [-0.1, -0.05) is 62.2 Å². The van der Waals surface area contributed by atoms with Crippen molar-refractivity contribution in [1.29, 1.82) is 0 Å². The normalized spacial score (nSPS) is 12.6. The predicted octanol–water partition coefficient (Wildman–Crippen LogP) is 5.28. The van der Waals surface area contributed by atoms with Gasteiger partial charge < -0.3 is 9.72 Å². The van der Waals surface area contributed by atoms with Crippen LogP contribution in [0.15, 0.2) is 60.8 Å². The summed E-state index contributed by atoms with van der Waals surface area (Å²) < 4.78 is 6.18. The molecule has 1 unspecified atom stereocenters. The van der Waals surface area contributed by atoms with Gasteiger partial charge in [-0.05, 0) is 48.6 Å². The second-order valence-corrected chi connectivity index (χ2v) is 8.46. The van der Waals surface area contributed by atoms with Gasteiger partial charge in [0.2, 0.25) is 0 Å². The lowest BCUT2D eigenvalue weighted by Gasteiger charge is -2.24. The highest BCUT2D eigenvalue weighted by Crippen LogP contribution is 2.19. The molecule has 0 radical (unpaired) electrons. The lowest BCUT2D eigenvalue weighted by molar-refractivity contribution is -0.124. The van der Waals surface area contributed by atoms with Gasteiger partial charge in [0.1, 0.15) is 0 Å². The summed E-state index contributed by atoms with van der Waals surface area (Å²) in [5, 5.41) is 9.88. The Hall–Kier alpha value is -2.93. The summed E-state index contributed by atoms with van der Waals surface area (Å²) in [4.78, 5) is 16.9. The molecular formula is C27H35N3O3. The standard InChI is InChI=1S/C27H35N3O3/c1-3-4-7-21(2)33-20-30(17-16-24-18-28-26-9-6-5-8-25(24)26)19-23-12-10-22(11-13-23)14-15-27(31)29-32/h5-6,8-15,18,21,28,32H,3-4,7,16-17,19-20H2,1-2H3,(H,29,31)/b15-14+. The molecule has 0 aliphatic rings. The largest absolute Gasteiger partial charge is 0.363 e. The number of carbonyl (C=O) groups excluding carboxylic acids is 1. The van der Waals surface area contributed by atoms with Gasteiger partial charge in [-0.2, -0.15) is 0 Å². The number of rotatable bonds is 13. The summed E-state index contributed by atoms with van der Waals surface area (Å²) in [6, 6.07) is 16.5. The van der Waals surface area contributed by atoms with E-state index in [4.69, 9.17) is 9.94 Å². The number of hydrogen-bond donors (Lipinski definition) is 3. The third-order valence-corrected chi connectivity index (χ3v) is 5.80. The van der Waals surface area contributed by atoms with E-state index in [1.165, 1.54) is 40.9 Å². The molecule has 0 spiro atoms. The molecule has 1 amide bonds. The van der Waals surface area contributed by atoms with E-state index in [1.54, 1.807) is 11.6 Å². The van der Waals surface area contributed by atoms with E-state index in [1.807, 2.05) is 12.1 Å². The van der Waals surface area contributed by atoms with Crippen LogP contribution < -0.4 is 5.48 Å². The first kappa shape index (κ1) is 24.7. The third kappa shape index (κ3) is 7.86. The molecule has 3 N–H and O–H groups in total. The van der Waals surface area contributed by atoms with Gasteiger partial charge in [0.15, 0.2) is 0 Å². The Morgan fingerprint density at radius 3 is 2.76 bits per heavy atom. The monoisotopic (exact) mass is 449 g/mol. The molecule has 33 heavy (non-hydrogen) atoms. The Morgan fingerprint density at radius 1 is 1.21 bits per heavy atom. The van der Waals surface area contributed by atoms with Gasteiger partial charge in [0.05, 0.1) is 12.8 Å². The number of H-pyrrole nitrogens is 1. The van der Waals surface area contributed by atoms with Crippen LogP contribution in [-0.2, 0) is 22.5 Å². The number of aromatic amines is 1. The fraction of sp³-hybridized carbons (Fsp3) is 0.370. The van der Waals surface area contributed by atoms with E-state index < -0.39 is 5.91 Å². The van der Waals surface area contributed by atoms with E-state index in [2.05, 4.69) is 66.3 Å². The lowest BCUT2D eigenvalue weighted by Crippen LogP contribution is -2.30. The first-order valence-corrected chi connectivity index (χ1v) is 11.7. The second-order valence-electron chi connectivity index (χ2n) is 8.46. The van der Waals surface area contributed by atoms with Gasteiger partial charge in [-0.3, -0.25) is 14.9 Å². The molecule has 176 valence electrons. The molecule has 6 nitrogen and oxygen atoms in total. The molecule has 0 saturated heterocycles. The van der Waals surface area contributed by atoms with Crippen molar-refractivity contribution < 1.29 is 14.7 Å². The van der Waals surface area contributed by atoms with Crippen LogP contribution in [0.3, 0.4) is 0 Å². The van der Waals surface area contributed by atoms with Crippen molar-refractivity contribution in [3.8, 4) is 0 Å². The maximum absolute atomic E-state index is 11.2. The first-order chi connectivity index (χ1) is 16.1. The maximum atomic E-state index is 11.2. The Kier molecular flexibility index (Phi) is 9.69. The molecule has 3 aromatic rings. The minimum absolute atomic E-state index is 0.241. The zero-order chi connectivity index (χ0) is 23.5. The predicted molar refractivity (Wildman–Crippen MR) is 133 cm³/mol. The van der Waals surface area contributed by atoms with Gasteiger partial charge in [-0.15, -0.1) is 0 Å². The van der Waals surface area contributed by atoms with Crippen molar-refractivity contribution >= 4 is 22.9 Å². The smallest absolute Gasteiger partial charge is 0.267 e. The molecule has 3 rings (SSSR count). The number of amides is 1. The van der Waals surface area contributed by atoms with Crippen molar-refractivity contribution in [2.75, 3.05) is 13.3 Å².